The van der Waals surface area contributed by atoms with E-state index in [2.05, 4.69) is 63.7 Å². The number of nitrogens with one attached hydrogen (secondary N) is 1. The largest absolute Gasteiger partial charge is 0.488 e. The topological polar surface area (TPSA) is 36.9 Å². The number of ether oxygens (including phenoxy) is 1. The second-order valence-electron chi connectivity index (χ2n) is 6.82. The Hall–Kier alpha value is -1.76. The van der Waals surface area contributed by atoms with Gasteiger partial charge in [-0.3, -0.25) is 4.99 Å². The van der Waals surface area contributed by atoms with Gasteiger partial charge in [-0.2, -0.15) is 0 Å². The molecule has 2 heterocycles. The third kappa shape index (κ3) is 4.14. The number of hydrogen-bond acceptors (Lipinski definition) is 2. The Morgan fingerprint density at radius 1 is 1.15 bits per heavy atom. The number of hydrogen-bond donors (Lipinski definition) is 1. The minimum Gasteiger partial charge on any atom is -0.488 e. The van der Waals surface area contributed by atoms with Gasteiger partial charge in [0.2, 0.25) is 0 Å². The number of rotatable bonds is 3. The van der Waals surface area contributed by atoms with E-state index in [0.717, 1.165) is 37.8 Å². The summed E-state index contributed by atoms with van der Waals surface area (Å²) in [5.41, 5.74) is 2.73. The van der Waals surface area contributed by atoms with Crippen LogP contribution in [-0.4, -0.2) is 43.6 Å². The lowest BCUT2D eigenvalue weighted by atomic mass is 9.99. The van der Waals surface area contributed by atoms with Gasteiger partial charge in [-0.25, -0.2) is 0 Å². The van der Waals surface area contributed by atoms with Gasteiger partial charge in [-0.15, -0.1) is 24.0 Å². The summed E-state index contributed by atoms with van der Waals surface area (Å²) in [6.07, 6.45) is 2.32. The fourth-order valence-corrected chi connectivity index (χ4v) is 3.86. The summed E-state index contributed by atoms with van der Waals surface area (Å²) in [7, 11) is 1.86. The van der Waals surface area contributed by atoms with Gasteiger partial charge < -0.3 is 15.0 Å². The fourth-order valence-electron chi connectivity index (χ4n) is 3.86. The molecule has 0 aromatic heterocycles. The molecule has 2 aliphatic heterocycles. The maximum absolute atomic E-state index is 6.02. The molecule has 2 aromatic rings. The van der Waals surface area contributed by atoms with Crippen LogP contribution in [0.15, 0.2) is 59.6 Å². The van der Waals surface area contributed by atoms with E-state index < -0.39 is 0 Å². The molecule has 4 nitrogen and oxygen atoms in total. The van der Waals surface area contributed by atoms with Crippen LogP contribution in [0.25, 0.3) is 0 Å². The van der Waals surface area contributed by atoms with Crippen LogP contribution < -0.4 is 10.1 Å². The number of fused-ring (bicyclic) bond motifs is 1. The molecule has 4 rings (SSSR count). The Balaban J connectivity index is 0.00000196. The third-order valence-corrected chi connectivity index (χ3v) is 5.17. The average Bonchev–Trinajstić information content (AvgIpc) is 3.30. The molecule has 1 fully saturated rings. The van der Waals surface area contributed by atoms with Crippen LogP contribution in [0.2, 0.25) is 0 Å². The first-order valence-corrected chi connectivity index (χ1v) is 9.08. The third-order valence-electron chi connectivity index (χ3n) is 5.17. The summed E-state index contributed by atoms with van der Waals surface area (Å²) in [4.78, 5) is 6.85. The summed E-state index contributed by atoms with van der Waals surface area (Å²) in [6.45, 7) is 2.86. The molecule has 138 valence electrons. The highest BCUT2D eigenvalue weighted by Crippen LogP contribution is 2.28. The lowest BCUT2D eigenvalue weighted by Gasteiger charge is -2.23. The molecule has 2 atom stereocenters. The molecule has 0 spiro atoms. The van der Waals surface area contributed by atoms with Crippen LogP contribution in [0, 0.1) is 0 Å². The van der Waals surface area contributed by atoms with Crippen LogP contribution in [0.1, 0.15) is 23.5 Å². The molecule has 26 heavy (non-hydrogen) atoms. The zero-order chi connectivity index (χ0) is 17.1. The van der Waals surface area contributed by atoms with Gasteiger partial charge in [0.15, 0.2) is 5.96 Å². The van der Waals surface area contributed by atoms with E-state index in [1.165, 1.54) is 17.5 Å². The van der Waals surface area contributed by atoms with E-state index in [9.17, 15) is 0 Å². The quantitative estimate of drug-likeness (QED) is 0.429. The lowest BCUT2D eigenvalue weighted by molar-refractivity contribution is 0.233. The van der Waals surface area contributed by atoms with Crippen molar-refractivity contribution in [3.05, 3.63) is 65.7 Å². The van der Waals surface area contributed by atoms with E-state index >= 15 is 0 Å². The van der Waals surface area contributed by atoms with Crippen molar-refractivity contribution < 1.29 is 4.74 Å². The summed E-state index contributed by atoms with van der Waals surface area (Å²) in [6, 6.07) is 19.1. The minimum atomic E-state index is 0. The van der Waals surface area contributed by atoms with E-state index in [-0.39, 0.29) is 30.1 Å². The molecule has 0 amide bonds. The number of aliphatic imine (C=N–C) groups is 1. The van der Waals surface area contributed by atoms with Crippen molar-refractivity contribution >= 4 is 29.9 Å². The highest BCUT2D eigenvalue weighted by atomic mass is 127. The van der Waals surface area contributed by atoms with Crippen molar-refractivity contribution in [2.45, 2.75) is 24.9 Å². The van der Waals surface area contributed by atoms with Crippen molar-refractivity contribution in [2.24, 2.45) is 4.99 Å². The molecule has 5 heteroatoms. The van der Waals surface area contributed by atoms with E-state index in [4.69, 9.17) is 4.74 Å². The maximum Gasteiger partial charge on any atom is 0.193 e. The maximum atomic E-state index is 6.02. The zero-order valence-corrected chi connectivity index (χ0v) is 17.4. The number of nitrogens with zero attached hydrogens (tertiary/aromatic N) is 2. The molecule has 0 saturated carbocycles. The Labute approximate surface area is 172 Å². The fraction of sp³-hybridized carbons (Fsp3) is 0.381. The van der Waals surface area contributed by atoms with E-state index in [1.54, 1.807) is 0 Å². The number of halogens is 1. The van der Waals surface area contributed by atoms with Gasteiger partial charge in [0, 0.05) is 32.5 Å². The molecule has 2 unspecified atom stereocenters. The van der Waals surface area contributed by atoms with E-state index in [1.807, 2.05) is 13.1 Å². The van der Waals surface area contributed by atoms with Gasteiger partial charge in [-0.05, 0) is 23.6 Å². The Kier molecular flexibility index (Phi) is 6.40. The molecule has 0 aliphatic carbocycles. The van der Waals surface area contributed by atoms with Crippen molar-refractivity contribution in [1.82, 2.24) is 10.2 Å². The van der Waals surface area contributed by atoms with Gasteiger partial charge in [0.1, 0.15) is 11.9 Å². The standard InChI is InChI=1S/C21H25N3O.HI/c1-22-21(23-14-19-13-17-9-5-6-10-20(17)25-19)24-12-11-18(15-24)16-7-3-2-4-8-16;/h2-10,18-19H,11-15H2,1H3,(H,22,23);1H. The molecular formula is C21H26IN3O. The van der Waals surface area contributed by atoms with Crippen LogP contribution in [-0.2, 0) is 6.42 Å². The Bertz CT molecular complexity index is 725. The van der Waals surface area contributed by atoms with Gasteiger partial charge >= 0.3 is 0 Å². The van der Waals surface area contributed by atoms with Gasteiger partial charge in [0.25, 0.3) is 0 Å². The monoisotopic (exact) mass is 463 g/mol. The summed E-state index contributed by atoms with van der Waals surface area (Å²) >= 11 is 0. The van der Waals surface area contributed by atoms with Crippen molar-refractivity contribution in [2.75, 3.05) is 26.7 Å². The first kappa shape index (κ1) is 19.0. The predicted octanol–water partition coefficient (Wildman–Crippen LogP) is 3.67. The number of guanidine groups is 1. The molecular weight excluding hydrogens is 437 g/mol. The first-order valence-electron chi connectivity index (χ1n) is 9.08. The minimum absolute atomic E-state index is 0. The number of para-hydroxylation sites is 1. The van der Waals surface area contributed by atoms with Crippen molar-refractivity contribution in [1.29, 1.82) is 0 Å². The summed E-state index contributed by atoms with van der Waals surface area (Å²) in [5.74, 6) is 2.60. The highest BCUT2D eigenvalue weighted by molar-refractivity contribution is 14.0. The smallest absolute Gasteiger partial charge is 0.193 e. The molecule has 2 aliphatic rings. The van der Waals surface area contributed by atoms with Crippen LogP contribution >= 0.6 is 24.0 Å². The molecule has 2 aromatic carbocycles. The second kappa shape index (κ2) is 8.75. The lowest BCUT2D eigenvalue weighted by Crippen LogP contribution is -2.43. The predicted molar refractivity (Wildman–Crippen MR) is 117 cm³/mol. The summed E-state index contributed by atoms with van der Waals surface area (Å²) in [5, 5.41) is 3.51. The second-order valence-corrected chi connectivity index (χ2v) is 6.82. The van der Waals surface area contributed by atoms with Crippen LogP contribution in [0.3, 0.4) is 0 Å². The Morgan fingerprint density at radius 2 is 1.92 bits per heavy atom. The first-order chi connectivity index (χ1) is 12.3. The zero-order valence-electron chi connectivity index (χ0n) is 15.1. The van der Waals surface area contributed by atoms with Crippen molar-refractivity contribution in [3.63, 3.8) is 0 Å². The van der Waals surface area contributed by atoms with Crippen LogP contribution in [0.4, 0.5) is 0 Å². The molecule has 0 bridgehead atoms. The highest BCUT2D eigenvalue weighted by Gasteiger charge is 2.27. The van der Waals surface area contributed by atoms with E-state index in [0.29, 0.717) is 5.92 Å². The number of likely N-dealkylation sites (tertiary alicyclic amines) is 1. The van der Waals surface area contributed by atoms with Crippen molar-refractivity contribution in [3.8, 4) is 5.75 Å². The SMILES string of the molecule is CN=C(NCC1Cc2ccccc2O1)N1CCC(c2ccccc2)C1.I. The van der Waals surface area contributed by atoms with Gasteiger partial charge in [-0.1, -0.05) is 48.5 Å². The normalized spacial score (nSPS) is 21.7. The van der Waals surface area contributed by atoms with Crippen LogP contribution in [0.5, 0.6) is 5.75 Å². The summed E-state index contributed by atoms with van der Waals surface area (Å²) < 4.78 is 6.02. The number of benzene rings is 2. The Morgan fingerprint density at radius 3 is 2.69 bits per heavy atom. The molecule has 1 saturated heterocycles. The average molecular weight is 463 g/mol. The molecule has 0 radical (unpaired) electrons. The van der Waals surface area contributed by atoms with Gasteiger partial charge in [0.05, 0.1) is 6.54 Å². The molecule has 1 N–H and O–H groups in total.